The van der Waals surface area contributed by atoms with Crippen molar-refractivity contribution >= 4 is 0 Å². The predicted octanol–water partition coefficient (Wildman–Crippen LogP) is 2.74. The number of likely N-dealkylation sites (tertiary alicyclic amines) is 1. The summed E-state index contributed by atoms with van der Waals surface area (Å²) >= 11 is 0. The molecule has 2 nitrogen and oxygen atoms in total. The first-order chi connectivity index (χ1) is 7.72. The van der Waals surface area contributed by atoms with E-state index in [1.807, 2.05) is 0 Å². The van der Waals surface area contributed by atoms with Gasteiger partial charge in [0, 0.05) is 0 Å². The fourth-order valence-corrected chi connectivity index (χ4v) is 2.60. The number of piperidine rings is 1. The Morgan fingerprint density at radius 3 is 2.62 bits per heavy atom. The molecule has 1 heterocycles. The van der Waals surface area contributed by atoms with Gasteiger partial charge < -0.3 is 10.2 Å². The minimum Gasteiger partial charge on any atom is -0.316 e. The molecule has 0 aromatic carbocycles. The average molecular weight is 226 g/mol. The van der Waals surface area contributed by atoms with Crippen molar-refractivity contribution in [2.45, 2.75) is 46.0 Å². The maximum Gasteiger partial charge on any atom is -0.00191 e. The lowest BCUT2D eigenvalue weighted by Crippen LogP contribution is -2.32. The summed E-state index contributed by atoms with van der Waals surface area (Å²) in [5.74, 6) is 1.83. The SMILES string of the molecule is CCCC(C)CNCCC1CCN(C)CC1. The van der Waals surface area contributed by atoms with Gasteiger partial charge in [0.15, 0.2) is 0 Å². The zero-order chi connectivity index (χ0) is 11.8. The highest BCUT2D eigenvalue weighted by molar-refractivity contribution is 4.70. The Morgan fingerprint density at radius 2 is 2.00 bits per heavy atom. The first kappa shape index (κ1) is 14.0. The fraction of sp³-hybridized carbons (Fsp3) is 1.00. The molecule has 0 radical (unpaired) electrons. The zero-order valence-corrected chi connectivity index (χ0v) is 11.5. The highest BCUT2D eigenvalue weighted by Crippen LogP contribution is 2.18. The summed E-state index contributed by atoms with van der Waals surface area (Å²) in [5.41, 5.74) is 0. The molecule has 0 spiro atoms. The molecule has 2 heteroatoms. The summed E-state index contributed by atoms with van der Waals surface area (Å²) in [5, 5.41) is 3.61. The van der Waals surface area contributed by atoms with Crippen LogP contribution in [0, 0.1) is 11.8 Å². The quantitative estimate of drug-likeness (QED) is 0.672. The molecule has 1 N–H and O–H groups in total. The van der Waals surface area contributed by atoms with Crippen LogP contribution in [0.15, 0.2) is 0 Å². The number of hydrogen-bond acceptors (Lipinski definition) is 2. The minimum absolute atomic E-state index is 0.850. The van der Waals surface area contributed by atoms with Gasteiger partial charge in [0.05, 0.1) is 0 Å². The van der Waals surface area contributed by atoms with Crippen LogP contribution in [0.4, 0.5) is 0 Å². The average Bonchev–Trinajstić information content (AvgIpc) is 2.27. The van der Waals surface area contributed by atoms with Crippen molar-refractivity contribution in [1.29, 1.82) is 0 Å². The smallest absolute Gasteiger partial charge is 0.00191 e. The molecule has 0 aromatic rings. The van der Waals surface area contributed by atoms with Gasteiger partial charge in [0.2, 0.25) is 0 Å². The van der Waals surface area contributed by atoms with Crippen LogP contribution in [0.25, 0.3) is 0 Å². The zero-order valence-electron chi connectivity index (χ0n) is 11.5. The van der Waals surface area contributed by atoms with Gasteiger partial charge in [-0.05, 0) is 70.7 Å². The van der Waals surface area contributed by atoms with Gasteiger partial charge in [-0.25, -0.2) is 0 Å². The van der Waals surface area contributed by atoms with Gasteiger partial charge in [-0.2, -0.15) is 0 Å². The molecule has 1 fully saturated rings. The van der Waals surface area contributed by atoms with Gasteiger partial charge in [0.25, 0.3) is 0 Å². The summed E-state index contributed by atoms with van der Waals surface area (Å²) in [7, 11) is 2.24. The maximum absolute atomic E-state index is 3.61. The highest BCUT2D eigenvalue weighted by atomic mass is 15.1. The second-order valence-corrected chi connectivity index (χ2v) is 5.63. The van der Waals surface area contributed by atoms with Gasteiger partial charge in [0.1, 0.15) is 0 Å². The van der Waals surface area contributed by atoms with Gasteiger partial charge >= 0.3 is 0 Å². The van der Waals surface area contributed by atoms with Crippen molar-refractivity contribution in [2.24, 2.45) is 11.8 Å². The molecule has 1 aliphatic heterocycles. The Balaban J connectivity index is 1.95. The van der Waals surface area contributed by atoms with E-state index in [0.29, 0.717) is 0 Å². The standard InChI is InChI=1S/C14H30N2/c1-4-5-13(2)12-15-9-6-14-7-10-16(3)11-8-14/h13-15H,4-12H2,1-3H3. The van der Waals surface area contributed by atoms with E-state index in [1.165, 1.54) is 58.3 Å². The van der Waals surface area contributed by atoms with Crippen LogP contribution in [0.1, 0.15) is 46.0 Å². The van der Waals surface area contributed by atoms with Crippen LogP contribution in [-0.4, -0.2) is 38.1 Å². The van der Waals surface area contributed by atoms with E-state index in [1.54, 1.807) is 0 Å². The Morgan fingerprint density at radius 1 is 1.31 bits per heavy atom. The molecular formula is C14H30N2. The molecule has 1 saturated heterocycles. The molecule has 16 heavy (non-hydrogen) atoms. The monoisotopic (exact) mass is 226 g/mol. The van der Waals surface area contributed by atoms with Gasteiger partial charge in [-0.15, -0.1) is 0 Å². The Hall–Kier alpha value is -0.0800. The number of nitrogens with one attached hydrogen (secondary N) is 1. The van der Waals surface area contributed by atoms with E-state index in [4.69, 9.17) is 0 Å². The number of hydrogen-bond donors (Lipinski definition) is 1. The van der Waals surface area contributed by atoms with Crippen LogP contribution in [0.5, 0.6) is 0 Å². The normalized spacial score (nSPS) is 21.2. The molecule has 0 aromatic heterocycles. The van der Waals surface area contributed by atoms with E-state index >= 15 is 0 Å². The third-order valence-electron chi connectivity index (χ3n) is 3.84. The van der Waals surface area contributed by atoms with E-state index < -0.39 is 0 Å². The van der Waals surface area contributed by atoms with E-state index in [-0.39, 0.29) is 0 Å². The van der Waals surface area contributed by atoms with Crippen LogP contribution < -0.4 is 5.32 Å². The molecule has 0 aliphatic carbocycles. The van der Waals surface area contributed by atoms with E-state index in [0.717, 1.165) is 11.8 Å². The molecule has 96 valence electrons. The third kappa shape index (κ3) is 5.86. The van der Waals surface area contributed by atoms with E-state index in [2.05, 4.69) is 31.1 Å². The Kier molecular flexibility index (Phi) is 7.06. The molecule has 1 rings (SSSR count). The molecule has 0 bridgehead atoms. The molecule has 1 aliphatic rings. The summed E-state index contributed by atoms with van der Waals surface area (Å²) in [6.45, 7) is 9.66. The summed E-state index contributed by atoms with van der Waals surface area (Å²) < 4.78 is 0. The summed E-state index contributed by atoms with van der Waals surface area (Å²) in [6.07, 6.45) is 6.87. The van der Waals surface area contributed by atoms with Crippen molar-refractivity contribution in [1.82, 2.24) is 10.2 Å². The van der Waals surface area contributed by atoms with Gasteiger partial charge in [-0.1, -0.05) is 20.3 Å². The van der Waals surface area contributed by atoms with Crippen molar-refractivity contribution in [3.63, 3.8) is 0 Å². The van der Waals surface area contributed by atoms with E-state index in [9.17, 15) is 0 Å². The molecule has 1 atom stereocenters. The van der Waals surface area contributed by atoms with Crippen molar-refractivity contribution in [3.8, 4) is 0 Å². The topological polar surface area (TPSA) is 15.3 Å². The lowest BCUT2D eigenvalue weighted by atomic mass is 9.94. The van der Waals surface area contributed by atoms with Gasteiger partial charge in [-0.3, -0.25) is 0 Å². The number of rotatable bonds is 7. The first-order valence-electron chi connectivity index (χ1n) is 7.11. The molecule has 1 unspecified atom stereocenters. The second-order valence-electron chi connectivity index (χ2n) is 5.63. The van der Waals surface area contributed by atoms with Crippen LogP contribution >= 0.6 is 0 Å². The Labute approximate surface area is 102 Å². The van der Waals surface area contributed by atoms with Crippen LogP contribution in [0.3, 0.4) is 0 Å². The van der Waals surface area contributed by atoms with Crippen LogP contribution in [-0.2, 0) is 0 Å². The maximum atomic E-state index is 3.61. The molecule has 0 saturated carbocycles. The molecule has 0 amide bonds. The highest BCUT2D eigenvalue weighted by Gasteiger charge is 2.15. The summed E-state index contributed by atoms with van der Waals surface area (Å²) in [4.78, 5) is 2.45. The first-order valence-corrected chi connectivity index (χ1v) is 7.11. The second kappa shape index (κ2) is 8.08. The third-order valence-corrected chi connectivity index (χ3v) is 3.84. The Bertz CT molecular complexity index is 162. The fourth-order valence-electron chi connectivity index (χ4n) is 2.60. The largest absolute Gasteiger partial charge is 0.316 e. The van der Waals surface area contributed by atoms with Crippen molar-refractivity contribution in [3.05, 3.63) is 0 Å². The minimum atomic E-state index is 0.850. The lowest BCUT2D eigenvalue weighted by molar-refractivity contribution is 0.211. The van der Waals surface area contributed by atoms with Crippen LogP contribution in [0.2, 0.25) is 0 Å². The predicted molar refractivity (Wildman–Crippen MR) is 71.8 cm³/mol. The lowest BCUT2D eigenvalue weighted by Gasteiger charge is -2.29. The molecular weight excluding hydrogens is 196 g/mol. The summed E-state index contributed by atoms with van der Waals surface area (Å²) in [6, 6.07) is 0. The van der Waals surface area contributed by atoms with Crippen molar-refractivity contribution in [2.75, 3.05) is 33.2 Å². The van der Waals surface area contributed by atoms with Crippen molar-refractivity contribution < 1.29 is 0 Å². The number of nitrogens with zero attached hydrogens (tertiary/aromatic N) is 1.